The highest BCUT2D eigenvalue weighted by Gasteiger charge is 2.43. The van der Waals surface area contributed by atoms with Crippen LogP contribution in [0.5, 0.6) is 0 Å². The summed E-state index contributed by atoms with van der Waals surface area (Å²) in [5.41, 5.74) is 0.109. The van der Waals surface area contributed by atoms with E-state index in [1.807, 2.05) is 6.08 Å². The molecule has 0 aromatic carbocycles. The summed E-state index contributed by atoms with van der Waals surface area (Å²) in [7, 11) is 1.53. The van der Waals surface area contributed by atoms with Crippen molar-refractivity contribution < 1.29 is 39.5 Å². The molecule has 0 radical (unpaired) electrons. The summed E-state index contributed by atoms with van der Waals surface area (Å²) in [6, 6.07) is 0. The van der Waals surface area contributed by atoms with Gasteiger partial charge < -0.3 is 29.9 Å². The SMILES string of the molecule is COCC(C)(C)C(=O)O[C@H]1C[C@H](O)C=C2C=C[C@@H](C)[C@H](CC[C@@H](O)C[C@@H](O)CC(=O)O)[C@H]21. The van der Waals surface area contributed by atoms with Crippen molar-refractivity contribution in [3.63, 3.8) is 0 Å². The van der Waals surface area contributed by atoms with E-state index in [0.717, 1.165) is 5.57 Å². The van der Waals surface area contributed by atoms with Crippen LogP contribution in [-0.4, -0.2) is 70.5 Å². The van der Waals surface area contributed by atoms with Crippen molar-refractivity contribution >= 4 is 11.9 Å². The number of fused-ring (bicyclic) bond motifs is 1. The van der Waals surface area contributed by atoms with Crippen LogP contribution in [0.2, 0.25) is 0 Å². The van der Waals surface area contributed by atoms with Gasteiger partial charge in [-0.15, -0.1) is 0 Å². The Morgan fingerprint density at radius 2 is 1.94 bits per heavy atom. The van der Waals surface area contributed by atoms with Gasteiger partial charge in [-0.3, -0.25) is 9.59 Å². The minimum Gasteiger partial charge on any atom is -0.481 e. The molecule has 2 aliphatic rings. The van der Waals surface area contributed by atoms with Gasteiger partial charge in [0.05, 0.1) is 36.8 Å². The van der Waals surface area contributed by atoms with E-state index in [1.54, 1.807) is 19.9 Å². The zero-order valence-corrected chi connectivity index (χ0v) is 19.4. The molecule has 0 unspecified atom stereocenters. The Balaban J connectivity index is 2.12. The van der Waals surface area contributed by atoms with Crippen molar-refractivity contribution in [2.24, 2.45) is 23.2 Å². The monoisotopic (exact) mass is 454 g/mol. The molecule has 0 amide bonds. The van der Waals surface area contributed by atoms with Gasteiger partial charge >= 0.3 is 11.9 Å². The van der Waals surface area contributed by atoms with Crippen LogP contribution in [0.15, 0.2) is 23.8 Å². The molecule has 182 valence electrons. The Labute approximate surface area is 189 Å². The van der Waals surface area contributed by atoms with Gasteiger partial charge in [0.1, 0.15) is 6.10 Å². The third kappa shape index (κ3) is 7.13. The molecule has 2 aliphatic carbocycles. The van der Waals surface area contributed by atoms with E-state index in [4.69, 9.17) is 14.6 Å². The fraction of sp³-hybridized carbons (Fsp3) is 0.750. The van der Waals surface area contributed by atoms with Crippen LogP contribution in [-0.2, 0) is 19.1 Å². The normalized spacial score (nSPS) is 29.6. The fourth-order valence-corrected chi connectivity index (χ4v) is 4.81. The Hall–Kier alpha value is -1.74. The molecule has 4 N–H and O–H groups in total. The number of aliphatic hydroxyl groups excluding tert-OH is 3. The number of hydrogen-bond acceptors (Lipinski definition) is 7. The predicted molar refractivity (Wildman–Crippen MR) is 118 cm³/mol. The van der Waals surface area contributed by atoms with Crippen LogP contribution >= 0.6 is 0 Å². The number of carboxylic acids is 1. The lowest BCUT2D eigenvalue weighted by Crippen LogP contribution is -2.44. The van der Waals surface area contributed by atoms with E-state index in [1.165, 1.54) is 7.11 Å². The van der Waals surface area contributed by atoms with E-state index < -0.39 is 42.2 Å². The van der Waals surface area contributed by atoms with Crippen molar-refractivity contribution in [3.05, 3.63) is 23.8 Å². The zero-order valence-electron chi connectivity index (χ0n) is 19.4. The maximum Gasteiger partial charge on any atom is 0.314 e. The van der Waals surface area contributed by atoms with Crippen molar-refractivity contribution in [2.45, 2.75) is 77.3 Å². The van der Waals surface area contributed by atoms with Gasteiger partial charge in [0, 0.05) is 19.4 Å². The van der Waals surface area contributed by atoms with Crippen LogP contribution in [0, 0.1) is 23.2 Å². The second-order valence-corrected chi connectivity index (χ2v) is 9.86. The zero-order chi connectivity index (χ0) is 24.1. The smallest absolute Gasteiger partial charge is 0.314 e. The number of esters is 1. The van der Waals surface area contributed by atoms with Crippen molar-refractivity contribution in [2.75, 3.05) is 13.7 Å². The Morgan fingerprint density at radius 3 is 2.56 bits per heavy atom. The highest BCUT2D eigenvalue weighted by Crippen LogP contribution is 2.44. The third-order valence-electron chi connectivity index (χ3n) is 6.48. The molecule has 0 spiro atoms. The van der Waals surface area contributed by atoms with Gasteiger partial charge in [-0.2, -0.15) is 0 Å². The molecule has 0 fully saturated rings. The fourth-order valence-electron chi connectivity index (χ4n) is 4.81. The average molecular weight is 455 g/mol. The van der Waals surface area contributed by atoms with Gasteiger partial charge in [-0.05, 0) is 50.5 Å². The first kappa shape index (κ1) is 26.5. The highest BCUT2D eigenvalue weighted by molar-refractivity contribution is 5.76. The summed E-state index contributed by atoms with van der Waals surface area (Å²) in [5.74, 6) is -1.37. The van der Waals surface area contributed by atoms with Crippen LogP contribution in [0.25, 0.3) is 0 Å². The second-order valence-electron chi connectivity index (χ2n) is 9.86. The first-order chi connectivity index (χ1) is 14.9. The topological polar surface area (TPSA) is 134 Å². The number of carboxylic acid groups (broad SMARTS) is 1. The van der Waals surface area contributed by atoms with Crippen LogP contribution in [0.3, 0.4) is 0 Å². The van der Waals surface area contributed by atoms with Gasteiger partial charge in [0.25, 0.3) is 0 Å². The number of methoxy groups -OCH3 is 1. The van der Waals surface area contributed by atoms with E-state index in [-0.39, 0.29) is 36.8 Å². The summed E-state index contributed by atoms with van der Waals surface area (Å²) < 4.78 is 11.1. The highest BCUT2D eigenvalue weighted by atomic mass is 16.5. The molecule has 32 heavy (non-hydrogen) atoms. The van der Waals surface area contributed by atoms with E-state index in [0.29, 0.717) is 19.3 Å². The molecule has 0 saturated heterocycles. The lowest BCUT2D eigenvalue weighted by atomic mass is 9.66. The van der Waals surface area contributed by atoms with Crippen molar-refractivity contribution in [3.8, 4) is 0 Å². The maximum atomic E-state index is 12.8. The number of carbonyl (C=O) groups is 2. The van der Waals surface area contributed by atoms with Crippen molar-refractivity contribution in [1.82, 2.24) is 0 Å². The maximum absolute atomic E-state index is 12.8. The Morgan fingerprint density at radius 1 is 1.25 bits per heavy atom. The van der Waals surface area contributed by atoms with E-state index >= 15 is 0 Å². The number of allylic oxidation sites excluding steroid dienone is 2. The van der Waals surface area contributed by atoms with Crippen molar-refractivity contribution in [1.29, 1.82) is 0 Å². The Kier molecular flexibility index (Phi) is 9.45. The molecular formula is C24H38O8. The molecule has 0 bridgehead atoms. The third-order valence-corrected chi connectivity index (χ3v) is 6.48. The first-order valence-electron chi connectivity index (χ1n) is 11.3. The van der Waals surface area contributed by atoms with Gasteiger partial charge in [0.2, 0.25) is 0 Å². The molecule has 0 aromatic heterocycles. The number of rotatable bonds is 11. The number of aliphatic hydroxyl groups is 3. The number of ether oxygens (including phenoxy) is 2. The molecule has 7 atom stereocenters. The van der Waals surface area contributed by atoms with Crippen LogP contribution in [0.4, 0.5) is 0 Å². The summed E-state index contributed by atoms with van der Waals surface area (Å²) >= 11 is 0. The summed E-state index contributed by atoms with van der Waals surface area (Å²) in [6.07, 6.45) is 3.61. The molecular weight excluding hydrogens is 416 g/mol. The van der Waals surface area contributed by atoms with E-state index in [9.17, 15) is 24.9 Å². The first-order valence-corrected chi connectivity index (χ1v) is 11.3. The molecule has 0 heterocycles. The average Bonchev–Trinajstić information content (AvgIpc) is 2.66. The summed E-state index contributed by atoms with van der Waals surface area (Å²) in [6.45, 7) is 5.81. The lowest BCUT2D eigenvalue weighted by Gasteiger charge is -2.43. The summed E-state index contributed by atoms with van der Waals surface area (Å²) in [4.78, 5) is 23.6. The number of aliphatic carboxylic acids is 1. The minimum absolute atomic E-state index is 0.00105. The number of hydrogen-bond donors (Lipinski definition) is 4. The standard InChI is InChI=1S/C24H38O8/c1-14-5-6-15-9-17(26)11-20(32-23(30)24(2,3)13-31-4)22(15)19(14)8-7-16(25)10-18(27)12-21(28)29/h5-6,9,14,16-20,22,25-27H,7-8,10-13H2,1-4H3,(H,28,29)/t14-,16-,17-,18-,19+,20+,22+/m1/s1. The second kappa shape index (κ2) is 11.4. The van der Waals surface area contributed by atoms with Crippen LogP contribution in [0.1, 0.15) is 52.9 Å². The van der Waals surface area contributed by atoms with E-state index in [2.05, 4.69) is 13.0 Å². The predicted octanol–water partition coefficient (Wildman–Crippen LogP) is 2.07. The molecule has 0 saturated carbocycles. The molecule has 2 rings (SSSR count). The van der Waals surface area contributed by atoms with Gasteiger partial charge in [0.15, 0.2) is 0 Å². The summed E-state index contributed by atoms with van der Waals surface area (Å²) in [5, 5.41) is 39.3. The Bertz CT molecular complexity index is 713. The minimum atomic E-state index is -1.10. The molecule has 8 nitrogen and oxygen atoms in total. The van der Waals surface area contributed by atoms with Crippen LogP contribution < -0.4 is 0 Å². The molecule has 8 heteroatoms. The van der Waals surface area contributed by atoms with Gasteiger partial charge in [-0.25, -0.2) is 0 Å². The largest absolute Gasteiger partial charge is 0.481 e. The molecule has 0 aliphatic heterocycles. The quantitative estimate of drug-likeness (QED) is 0.349. The lowest BCUT2D eigenvalue weighted by molar-refractivity contribution is -0.168. The molecule has 0 aromatic rings. The van der Waals surface area contributed by atoms with Gasteiger partial charge in [-0.1, -0.05) is 25.2 Å². The number of carbonyl (C=O) groups excluding carboxylic acids is 1.